The molecule has 1 aromatic carbocycles. The number of carbonyl (C=O) groups excluding carboxylic acids is 1. The summed E-state index contributed by atoms with van der Waals surface area (Å²) in [7, 11) is 0. The molecule has 0 bridgehead atoms. The maximum atomic E-state index is 12.4. The summed E-state index contributed by atoms with van der Waals surface area (Å²) in [4.78, 5) is 12.4. The highest BCUT2D eigenvalue weighted by Gasteiger charge is 2.19. The van der Waals surface area contributed by atoms with Crippen LogP contribution in [-0.2, 0) is 0 Å². The first-order valence-corrected chi connectivity index (χ1v) is 6.91. The Labute approximate surface area is 124 Å². The minimum Gasteiger partial charge on any atom is -0.493 e. The van der Waals surface area contributed by atoms with Crippen molar-refractivity contribution >= 4 is 11.6 Å². The van der Waals surface area contributed by atoms with Crippen LogP contribution in [0, 0.1) is 6.92 Å². The van der Waals surface area contributed by atoms with Gasteiger partial charge in [-0.3, -0.25) is 4.79 Å². The zero-order chi connectivity index (χ0) is 15.4. The van der Waals surface area contributed by atoms with Crippen molar-refractivity contribution in [2.75, 3.05) is 12.3 Å². The van der Waals surface area contributed by atoms with Crippen LogP contribution in [0.5, 0.6) is 5.75 Å². The van der Waals surface area contributed by atoms with Crippen LogP contribution in [0.4, 0.5) is 5.69 Å². The molecule has 112 valence electrons. The molecule has 1 heterocycles. The average molecular weight is 288 g/mol. The molecule has 0 aliphatic rings. The first kappa shape index (κ1) is 15.0. The third-order valence-electron chi connectivity index (χ3n) is 3.12. The largest absolute Gasteiger partial charge is 0.493 e. The van der Waals surface area contributed by atoms with Crippen molar-refractivity contribution in [3.05, 3.63) is 47.4 Å². The Morgan fingerprint density at radius 3 is 2.76 bits per heavy atom. The summed E-state index contributed by atoms with van der Waals surface area (Å²) in [6.45, 7) is 6.05. The molecule has 5 heteroatoms. The predicted molar refractivity (Wildman–Crippen MR) is 81.3 cm³/mol. The van der Waals surface area contributed by atoms with E-state index in [1.54, 1.807) is 18.2 Å². The maximum Gasteiger partial charge on any atom is 0.257 e. The smallest absolute Gasteiger partial charge is 0.257 e. The second-order valence-electron chi connectivity index (χ2n) is 4.80. The lowest BCUT2D eigenvalue weighted by molar-refractivity contribution is 0.0932. The number of rotatable bonds is 5. The summed E-state index contributed by atoms with van der Waals surface area (Å²) in [5.74, 6) is 1.71. The van der Waals surface area contributed by atoms with E-state index in [0.717, 1.165) is 5.76 Å². The van der Waals surface area contributed by atoms with Gasteiger partial charge in [0.15, 0.2) is 0 Å². The number of anilines is 1. The summed E-state index contributed by atoms with van der Waals surface area (Å²) in [5, 5.41) is 2.87. The van der Waals surface area contributed by atoms with Crippen molar-refractivity contribution in [3.8, 4) is 5.75 Å². The molecule has 0 saturated heterocycles. The lowest BCUT2D eigenvalue weighted by Gasteiger charge is -2.15. The zero-order valence-electron chi connectivity index (χ0n) is 12.5. The molecule has 0 radical (unpaired) electrons. The molecule has 3 N–H and O–H groups in total. The van der Waals surface area contributed by atoms with Crippen molar-refractivity contribution in [1.29, 1.82) is 0 Å². The quantitative estimate of drug-likeness (QED) is 0.829. The van der Waals surface area contributed by atoms with E-state index >= 15 is 0 Å². The van der Waals surface area contributed by atoms with Gasteiger partial charge in [-0.2, -0.15) is 0 Å². The Balaban J connectivity index is 2.20. The first-order valence-electron chi connectivity index (χ1n) is 6.91. The van der Waals surface area contributed by atoms with E-state index < -0.39 is 0 Å². The monoisotopic (exact) mass is 288 g/mol. The highest BCUT2D eigenvalue weighted by molar-refractivity contribution is 6.02. The van der Waals surface area contributed by atoms with Crippen LogP contribution >= 0.6 is 0 Å². The van der Waals surface area contributed by atoms with Crippen LogP contribution in [0.3, 0.4) is 0 Å². The number of nitrogens with one attached hydrogen (secondary N) is 1. The van der Waals surface area contributed by atoms with Gasteiger partial charge in [0.1, 0.15) is 22.8 Å². The lowest BCUT2D eigenvalue weighted by atomic mass is 10.1. The summed E-state index contributed by atoms with van der Waals surface area (Å²) >= 11 is 0. The second-order valence-corrected chi connectivity index (χ2v) is 4.80. The van der Waals surface area contributed by atoms with Crippen LogP contribution in [0.25, 0.3) is 0 Å². The molecule has 2 aromatic rings. The van der Waals surface area contributed by atoms with Crippen LogP contribution in [0.1, 0.15) is 41.8 Å². The van der Waals surface area contributed by atoms with Gasteiger partial charge in [-0.15, -0.1) is 0 Å². The molecule has 0 aliphatic carbocycles. The van der Waals surface area contributed by atoms with E-state index in [1.807, 2.05) is 32.9 Å². The van der Waals surface area contributed by atoms with E-state index in [2.05, 4.69) is 5.32 Å². The Morgan fingerprint density at radius 1 is 1.38 bits per heavy atom. The first-order chi connectivity index (χ1) is 10.0. The lowest BCUT2D eigenvalue weighted by Crippen LogP contribution is -2.27. The average Bonchev–Trinajstić information content (AvgIpc) is 2.86. The molecule has 1 aromatic heterocycles. The SMILES string of the molecule is CCOc1cccc(N)c1C(=O)NC(C)c1ccc(C)o1. The van der Waals surface area contributed by atoms with Crippen LogP contribution in [-0.4, -0.2) is 12.5 Å². The van der Waals surface area contributed by atoms with Crippen molar-refractivity contribution in [2.24, 2.45) is 0 Å². The molecular weight excluding hydrogens is 268 g/mol. The number of furan rings is 1. The molecule has 1 amide bonds. The standard InChI is InChI=1S/C16H20N2O3/c1-4-20-14-7-5-6-12(17)15(14)16(19)18-11(3)13-9-8-10(2)21-13/h5-9,11H,4,17H2,1-3H3,(H,18,19). The Bertz CT molecular complexity index is 634. The molecule has 21 heavy (non-hydrogen) atoms. The van der Waals surface area contributed by atoms with Gasteiger partial charge in [0, 0.05) is 5.69 Å². The van der Waals surface area contributed by atoms with E-state index in [-0.39, 0.29) is 11.9 Å². The summed E-state index contributed by atoms with van der Waals surface area (Å²) < 4.78 is 11.0. The molecule has 0 aliphatic heterocycles. The number of benzene rings is 1. The van der Waals surface area contributed by atoms with Gasteiger partial charge in [-0.1, -0.05) is 6.07 Å². The number of aryl methyl sites for hydroxylation is 1. The van der Waals surface area contributed by atoms with Crippen molar-refractivity contribution in [2.45, 2.75) is 26.8 Å². The van der Waals surface area contributed by atoms with Gasteiger partial charge in [0.05, 0.1) is 12.6 Å². The molecule has 1 unspecified atom stereocenters. The molecular formula is C16H20N2O3. The van der Waals surface area contributed by atoms with Gasteiger partial charge in [0.25, 0.3) is 5.91 Å². The fraction of sp³-hybridized carbons (Fsp3) is 0.312. The Hall–Kier alpha value is -2.43. The predicted octanol–water partition coefficient (Wildman–Crippen LogP) is 3.06. The number of hydrogen-bond acceptors (Lipinski definition) is 4. The Kier molecular flexibility index (Phi) is 4.52. The van der Waals surface area contributed by atoms with Crippen LogP contribution in [0.15, 0.2) is 34.7 Å². The van der Waals surface area contributed by atoms with E-state index in [4.69, 9.17) is 14.9 Å². The number of nitrogens with two attached hydrogens (primary N) is 1. The molecule has 1 atom stereocenters. The van der Waals surface area contributed by atoms with Crippen LogP contribution in [0.2, 0.25) is 0 Å². The maximum absolute atomic E-state index is 12.4. The van der Waals surface area contributed by atoms with E-state index in [1.165, 1.54) is 0 Å². The number of amides is 1. The fourth-order valence-corrected chi connectivity index (χ4v) is 2.09. The fourth-order valence-electron chi connectivity index (χ4n) is 2.09. The number of hydrogen-bond donors (Lipinski definition) is 2. The van der Waals surface area contributed by atoms with Gasteiger partial charge >= 0.3 is 0 Å². The van der Waals surface area contributed by atoms with Gasteiger partial charge in [-0.05, 0) is 45.0 Å². The number of ether oxygens (including phenoxy) is 1. The third kappa shape index (κ3) is 3.37. The number of nitrogen functional groups attached to an aromatic ring is 1. The zero-order valence-corrected chi connectivity index (χ0v) is 12.5. The van der Waals surface area contributed by atoms with Gasteiger partial charge in [-0.25, -0.2) is 0 Å². The van der Waals surface area contributed by atoms with Crippen molar-refractivity contribution in [1.82, 2.24) is 5.32 Å². The minimum atomic E-state index is -0.280. The highest BCUT2D eigenvalue weighted by Crippen LogP contribution is 2.25. The molecule has 0 saturated carbocycles. The van der Waals surface area contributed by atoms with Crippen LogP contribution < -0.4 is 15.8 Å². The van der Waals surface area contributed by atoms with E-state index in [0.29, 0.717) is 29.4 Å². The summed E-state index contributed by atoms with van der Waals surface area (Å²) in [6.07, 6.45) is 0. The minimum absolute atomic E-state index is 0.250. The van der Waals surface area contributed by atoms with Crippen molar-refractivity contribution in [3.63, 3.8) is 0 Å². The molecule has 2 rings (SSSR count). The molecule has 0 fully saturated rings. The normalized spacial score (nSPS) is 12.0. The van der Waals surface area contributed by atoms with Crippen molar-refractivity contribution < 1.29 is 13.9 Å². The highest BCUT2D eigenvalue weighted by atomic mass is 16.5. The third-order valence-corrected chi connectivity index (χ3v) is 3.12. The van der Waals surface area contributed by atoms with Gasteiger partial charge in [0.2, 0.25) is 0 Å². The Morgan fingerprint density at radius 2 is 2.14 bits per heavy atom. The topological polar surface area (TPSA) is 77.5 Å². The van der Waals surface area contributed by atoms with Gasteiger partial charge < -0.3 is 20.2 Å². The second kappa shape index (κ2) is 6.35. The number of carbonyl (C=O) groups is 1. The summed E-state index contributed by atoms with van der Waals surface area (Å²) in [6, 6.07) is 8.63. The molecule has 0 spiro atoms. The van der Waals surface area contributed by atoms with E-state index in [9.17, 15) is 4.79 Å². The molecule has 5 nitrogen and oxygen atoms in total. The summed E-state index contributed by atoms with van der Waals surface area (Å²) in [5.41, 5.74) is 6.65.